The van der Waals surface area contributed by atoms with E-state index in [0.717, 1.165) is 19.3 Å². The predicted octanol–water partition coefficient (Wildman–Crippen LogP) is 5.27. The minimum atomic E-state index is -1.08. The largest absolute Gasteiger partial charge is 0.507 e. The summed E-state index contributed by atoms with van der Waals surface area (Å²) in [6.45, 7) is 4.51. The van der Waals surface area contributed by atoms with Gasteiger partial charge in [-0.3, -0.25) is 4.79 Å². The van der Waals surface area contributed by atoms with E-state index in [2.05, 4.69) is 0 Å². The lowest BCUT2D eigenvalue weighted by Crippen LogP contribution is -2.05. The van der Waals surface area contributed by atoms with Gasteiger partial charge >= 0.3 is 5.97 Å². The van der Waals surface area contributed by atoms with Gasteiger partial charge in [-0.25, -0.2) is 4.79 Å². The van der Waals surface area contributed by atoms with Crippen LogP contribution in [0.3, 0.4) is 0 Å². The third-order valence-electron chi connectivity index (χ3n) is 4.39. The summed E-state index contributed by atoms with van der Waals surface area (Å²) in [6, 6.07) is 7.77. The fourth-order valence-electron chi connectivity index (χ4n) is 2.76. The number of aromatic carboxylic acids is 1. The SMILES string of the molecule is CCCC(=O)c1ccc(OCCCCOc2ccc(C(=O)O)c(Cl)c2)c(C)c1O. The van der Waals surface area contributed by atoms with Crippen LogP contribution in [0.4, 0.5) is 0 Å². The molecule has 156 valence electrons. The van der Waals surface area contributed by atoms with E-state index in [1.54, 1.807) is 25.1 Å². The van der Waals surface area contributed by atoms with Crippen molar-refractivity contribution in [3.63, 3.8) is 0 Å². The number of aromatic hydroxyl groups is 1. The minimum absolute atomic E-state index is 0.0223. The number of carboxylic acids is 1. The molecule has 6 nitrogen and oxygen atoms in total. The van der Waals surface area contributed by atoms with Crippen LogP contribution in [0.1, 0.15) is 58.9 Å². The highest BCUT2D eigenvalue weighted by Gasteiger charge is 2.15. The second-order valence-electron chi connectivity index (χ2n) is 6.61. The molecule has 0 spiro atoms. The second-order valence-corrected chi connectivity index (χ2v) is 7.02. The first-order chi connectivity index (χ1) is 13.8. The van der Waals surface area contributed by atoms with Crippen LogP contribution in [-0.4, -0.2) is 35.2 Å². The first-order valence-electron chi connectivity index (χ1n) is 9.49. The number of Topliss-reactive ketones (excluding diaryl/α,β-unsaturated/α-hetero) is 1. The quantitative estimate of drug-likeness (QED) is 0.380. The summed E-state index contributed by atoms with van der Waals surface area (Å²) in [7, 11) is 0. The van der Waals surface area contributed by atoms with Crippen molar-refractivity contribution in [2.75, 3.05) is 13.2 Å². The maximum absolute atomic E-state index is 12.0. The van der Waals surface area contributed by atoms with E-state index in [1.165, 1.54) is 12.1 Å². The first kappa shape index (κ1) is 22.6. The van der Waals surface area contributed by atoms with E-state index in [4.69, 9.17) is 26.2 Å². The summed E-state index contributed by atoms with van der Waals surface area (Å²) >= 11 is 5.91. The van der Waals surface area contributed by atoms with Crippen molar-refractivity contribution in [2.45, 2.75) is 39.5 Å². The van der Waals surface area contributed by atoms with Gasteiger partial charge in [0.15, 0.2) is 5.78 Å². The third-order valence-corrected chi connectivity index (χ3v) is 4.71. The van der Waals surface area contributed by atoms with Crippen LogP contribution in [0.5, 0.6) is 17.2 Å². The van der Waals surface area contributed by atoms with Crippen LogP contribution in [-0.2, 0) is 0 Å². The topological polar surface area (TPSA) is 93.1 Å². The van der Waals surface area contributed by atoms with Gasteiger partial charge in [-0.2, -0.15) is 0 Å². The number of benzene rings is 2. The van der Waals surface area contributed by atoms with Crippen molar-refractivity contribution in [1.82, 2.24) is 0 Å². The molecule has 0 saturated carbocycles. The predicted molar refractivity (Wildman–Crippen MR) is 111 cm³/mol. The maximum Gasteiger partial charge on any atom is 0.337 e. The van der Waals surface area contributed by atoms with Crippen molar-refractivity contribution >= 4 is 23.4 Å². The fourth-order valence-corrected chi connectivity index (χ4v) is 3.01. The lowest BCUT2D eigenvalue weighted by atomic mass is 10.0. The van der Waals surface area contributed by atoms with Crippen LogP contribution in [0, 0.1) is 6.92 Å². The molecule has 0 heterocycles. The van der Waals surface area contributed by atoms with Gasteiger partial charge < -0.3 is 19.7 Å². The van der Waals surface area contributed by atoms with E-state index in [1.807, 2.05) is 6.92 Å². The zero-order valence-corrected chi connectivity index (χ0v) is 17.3. The molecule has 0 fully saturated rings. The van der Waals surface area contributed by atoms with Crippen LogP contribution in [0.15, 0.2) is 30.3 Å². The molecule has 7 heteroatoms. The molecule has 0 aromatic heterocycles. The highest BCUT2D eigenvalue weighted by molar-refractivity contribution is 6.33. The lowest BCUT2D eigenvalue weighted by Gasteiger charge is -2.13. The van der Waals surface area contributed by atoms with Crippen LogP contribution >= 0.6 is 11.6 Å². The fraction of sp³-hybridized carbons (Fsp3) is 0.364. The number of hydrogen-bond acceptors (Lipinski definition) is 5. The second kappa shape index (κ2) is 10.7. The summed E-state index contributed by atoms with van der Waals surface area (Å²) in [5.41, 5.74) is 0.919. The Hall–Kier alpha value is -2.73. The number of carboxylic acid groups (broad SMARTS) is 1. The monoisotopic (exact) mass is 420 g/mol. The van der Waals surface area contributed by atoms with Gasteiger partial charge in [0.2, 0.25) is 0 Å². The van der Waals surface area contributed by atoms with Gasteiger partial charge in [0.1, 0.15) is 17.2 Å². The van der Waals surface area contributed by atoms with Crippen molar-refractivity contribution in [1.29, 1.82) is 0 Å². The van der Waals surface area contributed by atoms with Gasteiger partial charge in [-0.05, 0) is 56.5 Å². The summed E-state index contributed by atoms with van der Waals surface area (Å²) < 4.78 is 11.3. The number of hydrogen-bond donors (Lipinski definition) is 2. The summed E-state index contributed by atoms with van der Waals surface area (Å²) in [5, 5.41) is 19.3. The van der Waals surface area contributed by atoms with E-state index >= 15 is 0 Å². The molecule has 0 atom stereocenters. The minimum Gasteiger partial charge on any atom is -0.507 e. The number of phenols is 1. The number of halogens is 1. The molecule has 29 heavy (non-hydrogen) atoms. The van der Waals surface area contributed by atoms with Crippen molar-refractivity contribution < 1.29 is 29.3 Å². The average Bonchev–Trinajstić information content (AvgIpc) is 2.67. The molecule has 2 rings (SSSR count). The molecule has 0 unspecified atom stereocenters. The number of carbonyl (C=O) groups is 2. The number of phenolic OH excluding ortho intramolecular Hbond substituents is 1. The Bertz CT molecular complexity index is 878. The summed E-state index contributed by atoms with van der Waals surface area (Å²) in [6.07, 6.45) is 2.57. The number of ether oxygens (including phenoxy) is 2. The zero-order chi connectivity index (χ0) is 21.4. The Morgan fingerprint density at radius 2 is 1.69 bits per heavy atom. The maximum atomic E-state index is 12.0. The van der Waals surface area contributed by atoms with Crippen molar-refractivity contribution in [3.05, 3.63) is 52.0 Å². The highest BCUT2D eigenvalue weighted by Crippen LogP contribution is 2.31. The number of rotatable bonds is 11. The Morgan fingerprint density at radius 1 is 1.03 bits per heavy atom. The zero-order valence-electron chi connectivity index (χ0n) is 16.5. The molecular formula is C22H25ClO6. The van der Waals surface area contributed by atoms with Crippen LogP contribution in [0.25, 0.3) is 0 Å². The molecule has 0 aliphatic rings. The van der Waals surface area contributed by atoms with E-state index in [9.17, 15) is 14.7 Å². The van der Waals surface area contributed by atoms with Gasteiger partial charge in [0.25, 0.3) is 0 Å². The molecule has 2 aromatic rings. The summed E-state index contributed by atoms with van der Waals surface area (Å²) in [5.74, 6) is -0.122. The van der Waals surface area contributed by atoms with Gasteiger partial charge in [0, 0.05) is 12.0 Å². The van der Waals surface area contributed by atoms with Gasteiger partial charge in [0.05, 0.1) is 29.4 Å². The first-order valence-corrected chi connectivity index (χ1v) is 9.87. The Balaban J connectivity index is 1.78. The van der Waals surface area contributed by atoms with Crippen LogP contribution in [0.2, 0.25) is 5.02 Å². The summed E-state index contributed by atoms with van der Waals surface area (Å²) in [4.78, 5) is 22.9. The van der Waals surface area contributed by atoms with Crippen LogP contribution < -0.4 is 9.47 Å². The molecule has 0 saturated heterocycles. The normalized spacial score (nSPS) is 10.6. The smallest absolute Gasteiger partial charge is 0.337 e. The lowest BCUT2D eigenvalue weighted by molar-refractivity contribution is 0.0696. The Kier molecular flexibility index (Phi) is 8.34. The molecular weight excluding hydrogens is 396 g/mol. The molecule has 0 radical (unpaired) electrons. The van der Waals surface area contributed by atoms with E-state index < -0.39 is 5.97 Å². The molecule has 0 bridgehead atoms. The molecule has 0 amide bonds. The van der Waals surface area contributed by atoms with Crippen molar-refractivity contribution in [2.24, 2.45) is 0 Å². The van der Waals surface area contributed by atoms with E-state index in [0.29, 0.717) is 42.3 Å². The Labute approximate surface area is 175 Å². The molecule has 2 N–H and O–H groups in total. The number of carbonyl (C=O) groups excluding carboxylic acids is 1. The van der Waals surface area contributed by atoms with Gasteiger partial charge in [-0.15, -0.1) is 0 Å². The van der Waals surface area contributed by atoms with E-state index in [-0.39, 0.29) is 22.1 Å². The third kappa shape index (κ3) is 6.12. The molecule has 0 aliphatic carbocycles. The Morgan fingerprint density at radius 3 is 2.31 bits per heavy atom. The standard InChI is InChI=1S/C22H25ClO6/c1-3-6-19(24)17-9-10-20(14(2)21(17)25)29-12-5-4-11-28-15-7-8-16(22(26)27)18(23)13-15/h7-10,13,25H,3-6,11-12H2,1-2H3,(H,26,27). The number of ketones is 1. The number of unbranched alkanes of at least 4 members (excludes halogenated alkanes) is 1. The molecule has 0 aliphatic heterocycles. The average molecular weight is 421 g/mol. The van der Waals surface area contributed by atoms with Gasteiger partial charge in [-0.1, -0.05) is 18.5 Å². The highest BCUT2D eigenvalue weighted by atomic mass is 35.5. The molecule has 2 aromatic carbocycles. The van der Waals surface area contributed by atoms with Crippen molar-refractivity contribution in [3.8, 4) is 17.2 Å².